The second kappa shape index (κ2) is 45.0. The van der Waals surface area contributed by atoms with Gasteiger partial charge in [0, 0.05) is 180 Å². The molecule has 5 fully saturated rings. The van der Waals surface area contributed by atoms with Gasteiger partial charge in [0.1, 0.15) is 53.8 Å². The molecule has 36 heteroatoms. The summed E-state index contributed by atoms with van der Waals surface area (Å²) in [5.41, 5.74) is 22.2. The van der Waals surface area contributed by atoms with Crippen molar-refractivity contribution in [3.8, 4) is 11.3 Å². The number of hydrogen-bond donors (Lipinski definition) is 4. The lowest BCUT2D eigenvalue weighted by atomic mass is 9.78. The van der Waals surface area contributed by atoms with E-state index in [-0.39, 0.29) is 73.7 Å². The summed E-state index contributed by atoms with van der Waals surface area (Å²) in [6.07, 6.45) is 18.5. The molecule has 6 N–H and O–H groups in total. The lowest BCUT2D eigenvalue weighted by Crippen LogP contribution is -2.61. The molecule has 1 saturated carbocycles. The predicted molar refractivity (Wildman–Crippen MR) is 507 cm³/mol. The first kappa shape index (κ1) is 99.4. The molecule has 16 atom stereocenters. The van der Waals surface area contributed by atoms with Gasteiger partial charge in [-0.05, 0) is 148 Å². The number of nitrogens with two attached hydrogens (primary N) is 2. The topological polar surface area (TPSA) is 430 Å². The summed E-state index contributed by atoms with van der Waals surface area (Å²) in [5.74, 6) is -6.02. The molecule has 12 heterocycles. The Morgan fingerprint density at radius 3 is 2.20 bits per heavy atom. The van der Waals surface area contributed by atoms with E-state index in [0.29, 0.717) is 219 Å². The van der Waals surface area contributed by atoms with E-state index in [4.69, 9.17) is 68.8 Å². The summed E-state index contributed by atoms with van der Waals surface area (Å²) in [4.78, 5) is 145. The number of oxazole rings is 1. The number of allylic oxidation sites excluding steroid dienone is 5. The second-order valence-corrected chi connectivity index (χ2v) is 38.3. The van der Waals surface area contributed by atoms with Gasteiger partial charge in [-0.3, -0.25) is 28.9 Å². The number of esters is 1. The Bertz CT molecular complexity index is 5520. The number of carbonyl (C=O) groups excluding carboxylic acids is 7. The van der Waals surface area contributed by atoms with Gasteiger partial charge in [-0.15, -0.1) is 0 Å². The normalized spacial score (nSPS) is 27.9. The number of nitrogens with zero attached hydrogens (tertiary/aromatic N) is 16. The van der Waals surface area contributed by atoms with Gasteiger partial charge in [0.15, 0.2) is 17.0 Å². The minimum absolute atomic E-state index is 0.00352. The Morgan fingerprint density at radius 2 is 1.43 bits per heavy atom. The van der Waals surface area contributed by atoms with Gasteiger partial charge in [0.2, 0.25) is 23.6 Å². The quantitative estimate of drug-likeness (QED) is 0.0238. The van der Waals surface area contributed by atoms with Crippen molar-refractivity contribution in [2.24, 2.45) is 35.5 Å². The number of cyclic esters (lactones) is 1. The highest BCUT2D eigenvalue weighted by atomic mass is 16.6. The van der Waals surface area contributed by atoms with Crippen LogP contribution < -0.4 is 21.3 Å². The zero-order chi connectivity index (χ0) is 96.2. The van der Waals surface area contributed by atoms with E-state index < -0.39 is 102 Å². The van der Waals surface area contributed by atoms with E-state index >= 15 is 4.79 Å². The number of methoxy groups -OCH3 is 4. The maximum Gasteiger partial charge on any atom is 0.410 e. The van der Waals surface area contributed by atoms with Crippen molar-refractivity contribution >= 4 is 87.2 Å². The number of anilines is 4. The van der Waals surface area contributed by atoms with Crippen LogP contribution in [0.15, 0.2) is 113 Å². The number of piperazine rings is 2. The molecule has 36 nitrogen and oxygen atoms in total. The van der Waals surface area contributed by atoms with Gasteiger partial charge in [-0.2, -0.15) is 10.1 Å². The average molecular weight is 1880 g/mol. The summed E-state index contributed by atoms with van der Waals surface area (Å²) in [6.45, 7) is 22.0. The number of aliphatic hydroxyl groups excluding tert-OH is 1. The van der Waals surface area contributed by atoms with Crippen LogP contribution in [0, 0.1) is 35.5 Å². The number of carbonyl (C=O) groups is 7. The molecule has 2 aromatic carbocycles. The molecule has 1 aliphatic carbocycles. The molecule has 7 aromatic rings. The molecule has 732 valence electrons. The van der Waals surface area contributed by atoms with Gasteiger partial charge in [-0.1, -0.05) is 89.3 Å². The SMILES string of the molecule is CO[C@H]1C[C@@H]2CC[C@@H](C)[C@@](O)(O2)C(=O)C(=O)N2CCCC[C@H]2C(=O)O[C@H]([C@H](C)C[C@@H]2CC[C@@H](OC(=O)N3CCc4nc(N5CCN(C(=O)CCOCCN6CCN(c7ncc(C(=O)N8CCc9cc(Cn%10nc(-c%11ccc%12oc(N)nc%12c%11)c%11c(N)ncnc%11%10)ccc9C8)cn7)CC6)CC5)ncc4C3)[C@H](OC)C2)C[C@@H](OC)[C@H](C)/C=C(\C)[C@@H](O)[C@@H](OC)C(=O)[C@H](C)C[C@H](C)/C=C/C=CC=C1C. The number of nitrogen functional groups attached to an aromatic ring is 2. The highest BCUT2D eigenvalue weighted by Crippen LogP contribution is 2.41. The number of hydrogen-bond acceptors (Lipinski definition) is 31. The van der Waals surface area contributed by atoms with Crippen LogP contribution in [0.25, 0.3) is 33.4 Å². The average Bonchev–Trinajstić information content (AvgIpc) is 1.30. The van der Waals surface area contributed by atoms with Crippen molar-refractivity contribution in [2.75, 3.05) is 141 Å². The predicted octanol–water partition coefficient (Wildman–Crippen LogP) is 9.65. The van der Waals surface area contributed by atoms with Crippen LogP contribution >= 0.6 is 0 Å². The van der Waals surface area contributed by atoms with Crippen LogP contribution in [-0.2, 0) is 94.3 Å². The van der Waals surface area contributed by atoms with Gasteiger partial charge < -0.3 is 93.4 Å². The van der Waals surface area contributed by atoms with Crippen LogP contribution in [0.5, 0.6) is 0 Å². The summed E-state index contributed by atoms with van der Waals surface area (Å²) in [7, 11) is 6.19. The van der Waals surface area contributed by atoms with E-state index in [9.17, 15) is 39.0 Å². The molecule has 8 aliphatic rings. The lowest BCUT2D eigenvalue weighted by Gasteiger charge is -2.43. The van der Waals surface area contributed by atoms with Crippen molar-refractivity contribution in [3.63, 3.8) is 0 Å². The minimum Gasteiger partial charge on any atom is -0.460 e. The molecule has 4 saturated heterocycles. The summed E-state index contributed by atoms with van der Waals surface area (Å²) in [5, 5.41) is 29.7. The molecular formula is C100H134N18O18. The Morgan fingerprint density at radius 1 is 0.684 bits per heavy atom. The van der Waals surface area contributed by atoms with E-state index in [1.54, 1.807) is 64.7 Å². The first-order valence-electron chi connectivity index (χ1n) is 48.3. The van der Waals surface area contributed by atoms with Crippen molar-refractivity contribution in [1.29, 1.82) is 0 Å². The van der Waals surface area contributed by atoms with Crippen LogP contribution in [0.1, 0.15) is 170 Å². The van der Waals surface area contributed by atoms with Crippen molar-refractivity contribution in [2.45, 2.75) is 225 Å². The van der Waals surface area contributed by atoms with E-state index in [1.807, 2.05) is 97.7 Å². The number of ketones is 2. The number of amides is 4. The molecule has 4 amide bonds. The Balaban J connectivity index is 0.488. The number of rotatable bonds is 20. The summed E-state index contributed by atoms with van der Waals surface area (Å²) >= 11 is 0. The second-order valence-electron chi connectivity index (χ2n) is 38.3. The van der Waals surface area contributed by atoms with Crippen LogP contribution in [-0.4, -0.2) is 302 Å². The number of piperidine rings is 1. The molecule has 136 heavy (non-hydrogen) atoms. The molecule has 7 aliphatic heterocycles. The molecule has 15 rings (SSSR count). The molecule has 5 aromatic heterocycles. The number of aromatic nitrogens is 9. The third kappa shape index (κ3) is 23.3. The zero-order valence-corrected chi connectivity index (χ0v) is 80.3. The van der Waals surface area contributed by atoms with E-state index in [1.165, 1.54) is 18.3 Å². The van der Waals surface area contributed by atoms with Gasteiger partial charge in [0.25, 0.3) is 23.6 Å². The van der Waals surface area contributed by atoms with Crippen LogP contribution in [0.2, 0.25) is 0 Å². The first-order valence-corrected chi connectivity index (χ1v) is 48.3. The van der Waals surface area contributed by atoms with Gasteiger partial charge in [0.05, 0.1) is 73.8 Å². The maximum atomic E-state index is 15.1. The number of fused-ring (bicyclic) bond motifs is 7. The molecule has 0 radical (unpaired) electrons. The number of ether oxygens (including phenoxy) is 8. The van der Waals surface area contributed by atoms with Crippen molar-refractivity contribution in [1.82, 2.24) is 69.2 Å². The third-order valence-corrected chi connectivity index (χ3v) is 28.9. The molecule has 0 spiro atoms. The standard InChI is InChI=1S/C100H134N18O18/c1-60-17-13-12-14-18-61(2)80(128-8)51-74-25-20-66(7)100(127,136-74)90(122)94(124)117-31-16-15-19-77(117)95(125)133-82(52-81(129-9)62(3)46-65(6)88(121)89(131-11)87(120)64(5)45-60)63(4)47-67-22-26-79(83(49-67)130-10)135-99(126)116-33-29-75-73(58-116)55-105-98(109-75)114-40-38-112(39-41-114)84(119)30-43-132-44-42-111-34-36-113(37-35-111)97-103-53-72(54-104-97)93(123)115-32-28-69-48-68(21-23-71(69)57-115)56-118-92-85(91(101)106-59-107-92)86(110-118)70-24-27-78-76(50-70)108-96(102)134-78/h12-14,17-18,21,23-24,27,46,48,50,53-55,59-60,62-64,66-67,74,77,79-83,88-89,121,127H,15-16,19-20,22,25-26,28-45,47,49,51-52,56-58H2,1-11H3,(H2,102,108)(H2,101,106,107)/b14-12?,17-13+,61-18?,65-46+/t60-,62-,63-,64-,66-,67+,74+,77+,79-,80+,81-,82+,83-,88-,89+,100-/m1/s1. The van der Waals surface area contributed by atoms with E-state index in [2.05, 4.69) is 57.8 Å². The highest BCUT2D eigenvalue weighted by molar-refractivity contribution is 6.39. The van der Waals surface area contributed by atoms with Gasteiger partial charge >= 0.3 is 12.1 Å². The Hall–Kier alpha value is -11.1. The Kier molecular flexibility index (Phi) is 32.9. The third-order valence-electron chi connectivity index (χ3n) is 28.9. The monoisotopic (exact) mass is 1880 g/mol. The summed E-state index contributed by atoms with van der Waals surface area (Å²) < 4.78 is 56.6. The number of Topliss-reactive ketones (excluding diaryl/α,β-unsaturated/α-hetero) is 2. The van der Waals surface area contributed by atoms with Gasteiger partial charge in [-0.25, -0.2) is 44.2 Å². The van der Waals surface area contributed by atoms with Crippen molar-refractivity contribution < 1.29 is 86.1 Å². The Labute approximate surface area is 794 Å². The van der Waals surface area contributed by atoms with E-state index in [0.717, 1.165) is 52.2 Å². The zero-order valence-electron chi connectivity index (χ0n) is 80.3. The number of aliphatic hydroxyl groups is 2. The fourth-order valence-corrected chi connectivity index (χ4v) is 20.7. The molecular weight excluding hydrogens is 1740 g/mol. The largest absolute Gasteiger partial charge is 0.460 e. The molecule has 0 unspecified atom stereocenters. The fourth-order valence-electron chi connectivity index (χ4n) is 20.7. The number of benzene rings is 2. The fraction of sp³-hybridized carbons (Fsp3) is 0.590. The first-order chi connectivity index (χ1) is 65.5. The lowest BCUT2D eigenvalue weighted by molar-refractivity contribution is -0.265. The van der Waals surface area contributed by atoms with Crippen molar-refractivity contribution in [3.05, 3.63) is 142 Å². The molecule has 2 bridgehead atoms. The maximum absolute atomic E-state index is 15.1. The highest BCUT2D eigenvalue weighted by Gasteiger charge is 2.54. The summed E-state index contributed by atoms with van der Waals surface area (Å²) in [6, 6.07) is 10.8. The van der Waals surface area contributed by atoms with Crippen LogP contribution in [0.4, 0.5) is 28.5 Å². The smallest absolute Gasteiger partial charge is 0.410 e. The van der Waals surface area contributed by atoms with Crippen LogP contribution in [0.3, 0.4) is 0 Å². The minimum atomic E-state index is -2.46.